The minimum atomic E-state index is 0.528. The summed E-state index contributed by atoms with van der Waals surface area (Å²) in [7, 11) is 0. The molecule has 0 bridgehead atoms. The van der Waals surface area contributed by atoms with Crippen molar-refractivity contribution in [1.82, 2.24) is 0 Å². The minimum Gasteiger partial charge on any atom is -0.327 e. The monoisotopic (exact) mass is 201 g/mol. The summed E-state index contributed by atoms with van der Waals surface area (Å²) in [5, 5.41) is 1.14. The van der Waals surface area contributed by atoms with Crippen molar-refractivity contribution in [2.75, 3.05) is 6.54 Å². The molecule has 0 heterocycles. The normalized spacial score (nSPS) is 10.9. The molecule has 1 rings (SSSR count). The summed E-state index contributed by atoms with van der Waals surface area (Å²) in [4.78, 5) is 0. The molecule has 0 saturated carbocycles. The molecule has 12 heavy (non-hydrogen) atoms. The van der Waals surface area contributed by atoms with Crippen molar-refractivity contribution in [1.29, 1.82) is 0 Å². The van der Waals surface area contributed by atoms with E-state index in [1.54, 1.807) is 12.1 Å². The fourth-order valence-electron chi connectivity index (χ4n) is 0.820. The highest BCUT2D eigenvalue weighted by molar-refractivity contribution is 6.42. The smallest absolute Gasteiger partial charge is 0.0598 e. The van der Waals surface area contributed by atoms with Crippen molar-refractivity contribution in [3.05, 3.63) is 39.9 Å². The molecule has 2 N–H and O–H groups in total. The van der Waals surface area contributed by atoms with E-state index in [0.717, 1.165) is 5.56 Å². The fraction of sp³-hybridized carbons (Fsp3) is 0.111. The molecule has 0 spiro atoms. The molecule has 0 saturated heterocycles. The molecule has 0 aliphatic heterocycles. The van der Waals surface area contributed by atoms with Crippen LogP contribution >= 0.6 is 23.2 Å². The van der Waals surface area contributed by atoms with E-state index in [0.29, 0.717) is 16.6 Å². The van der Waals surface area contributed by atoms with Crippen LogP contribution in [0.15, 0.2) is 24.3 Å². The van der Waals surface area contributed by atoms with Crippen molar-refractivity contribution in [3.63, 3.8) is 0 Å². The molecule has 0 radical (unpaired) electrons. The standard InChI is InChI=1S/C9H9Cl2N/c10-8-4-3-7(2-1-5-12)6-9(8)11/h1-4,6H,5,12H2. The highest BCUT2D eigenvalue weighted by Crippen LogP contribution is 2.22. The number of halogens is 2. The van der Waals surface area contributed by atoms with E-state index in [1.165, 1.54) is 0 Å². The predicted octanol–water partition coefficient (Wildman–Crippen LogP) is 2.97. The van der Waals surface area contributed by atoms with Gasteiger partial charge in [0.05, 0.1) is 10.0 Å². The van der Waals surface area contributed by atoms with Gasteiger partial charge in [0.2, 0.25) is 0 Å². The zero-order chi connectivity index (χ0) is 8.97. The van der Waals surface area contributed by atoms with Gasteiger partial charge in [0.15, 0.2) is 0 Å². The van der Waals surface area contributed by atoms with Crippen molar-refractivity contribution < 1.29 is 0 Å². The van der Waals surface area contributed by atoms with Crippen LogP contribution < -0.4 is 5.73 Å². The second kappa shape index (κ2) is 4.51. The minimum absolute atomic E-state index is 0.528. The van der Waals surface area contributed by atoms with Gasteiger partial charge in [-0.15, -0.1) is 0 Å². The molecular formula is C9H9Cl2N. The van der Waals surface area contributed by atoms with E-state index in [-0.39, 0.29) is 0 Å². The Morgan fingerprint density at radius 1 is 1.25 bits per heavy atom. The molecule has 3 heteroatoms. The highest BCUT2D eigenvalue weighted by atomic mass is 35.5. The van der Waals surface area contributed by atoms with Gasteiger partial charge in [-0.25, -0.2) is 0 Å². The molecule has 1 nitrogen and oxygen atoms in total. The maximum Gasteiger partial charge on any atom is 0.0598 e. The van der Waals surface area contributed by atoms with Crippen LogP contribution in [0.4, 0.5) is 0 Å². The van der Waals surface area contributed by atoms with Crippen LogP contribution in [0.3, 0.4) is 0 Å². The summed E-state index contributed by atoms with van der Waals surface area (Å²) in [6.07, 6.45) is 3.77. The largest absolute Gasteiger partial charge is 0.327 e. The van der Waals surface area contributed by atoms with Gasteiger partial charge in [-0.3, -0.25) is 0 Å². The molecule has 1 aromatic carbocycles. The third kappa shape index (κ3) is 2.52. The predicted molar refractivity (Wildman–Crippen MR) is 54.6 cm³/mol. The van der Waals surface area contributed by atoms with E-state index < -0.39 is 0 Å². The summed E-state index contributed by atoms with van der Waals surface area (Å²) in [6, 6.07) is 5.45. The van der Waals surface area contributed by atoms with Crippen molar-refractivity contribution in [2.24, 2.45) is 5.73 Å². The third-order valence-corrected chi connectivity index (χ3v) is 2.13. The quantitative estimate of drug-likeness (QED) is 0.783. The Bertz CT molecular complexity index is 295. The molecule has 0 aliphatic carbocycles. The first-order valence-electron chi connectivity index (χ1n) is 3.55. The lowest BCUT2D eigenvalue weighted by Crippen LogP contribution is -1.91. The van der Waals surface area contributed by atoms with Crippen LogP contribution in [-0.2, 0) is 0 Å². The van der Waals surface area contributed by atoms with E-state index in [4.69, 9.17) is 28.9 Å². The Labute approximate surface area is 81.8 Å². The second-order valence-corrected chi connectivity index (χ2v) is 3.13. The second-order valence-electron chi connectivity index (χ2n) is 2.31. The lowest BCUT2D eigenvalue weighted by atomic mass is 10.2. The molecule has 0 amide bonds. The van der Waals surface area contributed by atoms with E-state index in [2.05, 4.69) is 0 Å². The molecule has 64 valence electrons. The first-order chi connectivity index (χ1) is 5.74. The molecular weight excluding hydrogens is 193 g/mol. The van der Waals surface area contributed by atoms with Gasteiger partial charge in [0.25, 0.3) is 0 Å². The molecule has 1 aromatic rings. The lowest BCUT2D eigenvalue weighted by molar-refractivity contribution is 1.26. The van der Waals surface area contributed by atoms with Gasteiger partial charge < -0.3 is 5.73 Å². The van der Waals surface area contributed by atoms with Gasteiger partial charge in [-0.1, -0.05) is 41.4 Å². The summed E-state index contributed by atoms with van der Waals surface area (Å²) < 4.78 is 0. The Morgan fingerprint density at radius 2 is 2.00 bits per heavy atom. The van der Waals surface area contributed by atoms with Crippen molar-refractivity contribution in [3.8, 4) is 0 Å². The summed E-state index contributed by atoms with van der Waals surface area (Å²) in [5.74, 6) is 0. The summed E-state index contributed by atoms with van der Waals surface area (Å²) in [5.41, 5.74) is 6.31. The lowest BCUT2D eigenvalue weighted by Gasteiger charge is -1.96. The number of rotatable bonds is 2. The van der Waals surface area contributed by atoms with Gasteiger partial charge >= 0.3 is 0 Å². The summed E-state index contributed by atoms with van der Waals surface area (Å²) in [6.45, 7) is 0.528. The average Bonchev–Trinajstić information content (AvgIpc) is 2.07. The number of hydrogen-bond acceptors (Lipinski definition) is 1. The van der Waals surface area contributed by atoms with Crippen LogP contribution in [-0.4, -0.2) is 6.54 Å². The molecule has 0 fully saturated rings. The Morgan fingerprint density at radius 3 is 2.58 bits per heavy atom. The molecule has 0 aromatic heterocycles. The number of hydrogen-bond donors (Lipinski definition) is 1. The number of benzene rings is 1. The first kappa shape index (κ1) is 9.59. The van der Waals surface area contributed by atoms with E-state index in [1.807, 2.05) is 18.2 Å². The van der Waals surface area contributed by atoms with Gasteiger partial charge in [0.1, 0.15) is 0 Å². The van der Waals surface area contributed by atoms with Crippen LogP contribution in [0.1, 0.15) is 5.56 Å². The van der Waals surface area contributed by atoms with Crippen molar-refractivity contribution >= 4 is 29.3 Å². The van der Waals surface area contributed by atoms with Crippen molar-refractivity contribution in [2.45, 2.75) is 0 Å². The molecule has 0 unspecified atom stereocenters. The van der Waals surface area contributed by atoms with E-state index >= 15 is 0 Å². The van der Waals surface area contributed by atoms with E-state index in [9.17, 15) is 0 Å². The van der Waals surface area contributed by atoms with Gasteiger partial charge in [-0.05, 0) is 17.7 Å². The fourth-order valence-corrected chi connectivity index (χ4v) is 1.13. The Balaban J connectivity index is 2.89. The van der Waals surface area contributed by atoms with Crippen LogP contribution in [0.2, 0.25) is 10.0 Å². The number of nitrogens with two attached hydrogens (primary N) is 1. The molecule has 0 atom stereocenters. The third-order valence-electron chi connectivity index (χ3n) is 1.39. The maximum atomic E-state index is 5.80. The van der Waals surface area contributed by atoms with Crippen LogP contribution in [0.5, 0.6) is 0 Å². The zero-order valence-corrected chi connectivity index (χ0v) is 7.94. The first-order valence-corrected chi connectivity index (χ1v) is 4.31. The Hall–Kier alpha value is -0.500. The average molecular weight is 202 g/mol. The zero-order valence-electron chi connectivity index (χ0n) is 6.43. The maximum absolute atomic E-state index is 5.80. The van der Waals surface area contributed by atoms with Crippen LogP contribution in [0.25, 0.3) is 6.08 Å². The Kier molecular flexibility index (Phi) is 3.60. The van der Waals surface area contributed by atoms with Crippen LogP contribution in [0, 0.1) is 0 Å². The topological polar surface area (TPSA) is 26.0 Å². The van der Waals surface area contributed by atoms with Gasteiger partial charge in [-0.2, -0.15) is 0 Å². The summed E-state index contributed by atoms with van der Waals surface area (Å²) >= 11 is 11.5. The molecule has 0 aliphatic rings. The van der Waals surface area contributed by atoms with Gasteiger partial charge in [0, 0.05) is 6.54 Å². The highest BCUT2D eigenvalue weighted by Gasteiger charge is 1.95. The SMILES string of the molecule is NCC=Cc1ccc(Cl)c(Cl)c1.